The number of aromatic nitrogens is 2. The van der Waals surface area contributed by atoms with Crippen molar-refractivity contribution in [1.29, 1.82) is 5.26 Å². The summed E-state index contributed by atoms with van der Waals surface area (Å²) in [5, 5.41) is 22.0. The Bertz CT molecular complexity index is 775. The molecule has 0 unspecified atom stereocenters. The number of carbonyl (C=O) groups excluding carboxylic acids is 1. The highest BCUT2D eigenvalue weighted by Crippen LogP contribution is 2.36. The van der Waals surface area contributed by atoms with Gasteiger partial charge in [-0.05, 0) is 38.2 Å². The number of hydrogen-bond acceptors (Lipinski definition) is 7. The topological polar surface area (TPSA) is 78.7 Å². The van der Waals surface area contributed by atoms with Crippen molar-refractivity contribution in [3.05, 3.63) is 21.0 Å². The number of carbonyl (C=O) groups is 1. The number of thioether (sulfide) groups is 1. The van der Waals surface area contributed by atoms with Crippen LogP contribution in [-0.4, -0.2) is 21.9 Å². The van der Waals surface area contributed by atoms with Gasteiger partial charge in [0.15, 0.2) is 4.34 Å². The van der Waals surface area contributed by atoms with Gasteiger partial charge in [-0.2, -0.15) is 5.26 Å². The zero-order valence-corrected chi connectivity index (χ0v) is 15.9. The van der Waals surface area contributed by atoms with Crippen LogP contribution in [0, 0.1) is 18.3 Å². The minimum absolute atomic E-state index is 0.0985. The van der Waals surface area contributed by atoms with E-state index in [1.54, 1.807) is 11.3 Å². The van der Waals surface area contributed by atoms with E-state index in [1.807, 2.05) is 6.92 Å². The van der Waals surface area contributed by atoms with Gasteiger partial charge >= 0.3 is 0 Å². The summed E-state index contributed by atoms with van der Waals surface area (Å²) >= 11 is 4.43. The number of amides is 1. The smallest absolute Gasteiger partial charge is 0.235 e. The number of hydrogen-bond donors (Lipinski definition) is 1. The van der Waals surface area contributed by atoms with Gasteiger partial charge in [0, 0.05) is 4.88 Å². The lowest BCUT2D eigenvalue weighted by Gasteiger charge is -2.08. The van der Waals surface area contributed by atoms with Crippen molar-refractivity contribution in [3.63, 3.8) is 0 Å². The van der Waals surface area contributed by atoms with Crippen LogP contribution >= 0.6 is 34.4 Å². The number of rotatable bonds is 4. The fourth-order valence-electron chi connectivity index (χ4n) is 2.75. The second-order valence-electron chi connectivity index (χ2n) is 5.66. The summed E-state index contributed by atoms with van der Waals surface area (Å²) in [5.41, 5.74) is 1.83. The van der Waals surface area contributed by atoms with Crippen LogP contribution in [-0.2, 0) is 17.6 Å². The van der Waals surface area contributed by atoms with E-state index in [4.69, 9.17) is 0 Å². The van der Waals surface area contributed by atoms with Gasteiger partial charge in [0.05, 0.1) is 11.3 Å². The predicted octanol–water partition coefficient (Wildman–Crippen LogP) is 4.17. The van der Waals surface area contributed by atoms with E-state index in [2.05, 4.69) is 21.6 Å². The third-order valence-corrected chi connectivity index (χ3v) is 7.05. The molecule has 1 amide bonds. The molecule has 126 valence electrons. The molecule has 0 atom stereocenters. The Balaban J connectivity index is 1.68. The summed E-state index contributed by atoms with van der Waals surface area (Å²) in [4.78, 5) is 13.5. The third kappa shape index (κ3) is 4.15. The van der Waals surface area contributed by atoms with Crippen LogP contribution in [0.2, 0.25) is 0 Å². The van der Waals surface area contributed by atoms with Crippen molar-refractivity contribution >= 4 is 45.3 Å². The molecular weight excluding hydrogens is 360 g/mol. The quantitative estimate of drug-likeness (QED) is 0.808. The van der Waals surface area contributed by atoms with Crippen LogP contribution in [0.3, 0.4) is 0 Å². The Hall–Kier alpha value is -1.43. The molecule has 1 aliphatic rings. The van der Waals surface area contributed by atoms with Gasteiger partial charge in [-0.3, -0.25) is 4.79 Å². The molecular formula is C16H18N4OS3. The molecule has 0 radical (unpaired) electrons. The molecule has 8 heteroatoms. The summed E-state index contributed by atoms with van der Waals surface area (Å²) in [5.74, 6) is 0.181. The molecule has 0 saturated heterocycles. The van der Waals surface area contributed by atoms with Crippen LogP contribution in [0.15, 0.2) is 4.34 Å². The number of anilines is 1. The maximum absolute atomic E-state index is 12.2. The third-order valence-electron chi connectivity index (χ3n) is 3.87. The number of nitriles is 1. The zero-order valence-electron chi connectivity index (χ0n) is 13.4. The first-order valence-corrected chi connectivity index (χ1v) is 10.6. The van der Waals surface area contributed by atoms with Crippen LogP contribution in [0.4, 0.5) is 5.00 Å². The molecule has 1 aliphatic carbocycles. The number of thiophene rings is 1. The van der Waals surface area contributed by atoms with Crippen molar-refractivity contribution in [3.8, 4) is 6.07 Å². The summed E-state index contributed by atoms with van der Waals surface area (Å²) in [6, 6.07) is 2.30. The van der Waals surface area contributed by atoms with Crippen LogP contribution in [0.25, 0.3) is 0 Å². The molecule has 2 aromatic rings. The first-order chi connectivity index (χ1) is 11.7. The number of nitrogens with zero attached hydrogens (tertiary/aromatic N) is 3. The molecule has 0 fully saturated rings. The number of fused-ring (bicyclic) bond motifs is 1. The van der Waals surface area contributed by atoms with Crippen LogP contribution in [0.5, 0.6) is 0 Å². The molecule has 0 bridgehead atoms. The number of nitrogens with one attached hydrogen (secondary N) is 1. The molecule has 0 saturated carbocycles. The van der Waals surface area contributed by atoms with E-state index in [1.165, 1.54) is 40.8 Å². The van der Waals surface area contributed by atoms with Crippen molar-refractivity contribution in [2.45, 2.75) is 49.8 Å². The lowest BCUT2D eigenvalue weighted by molar-refractivity contribution is -0.113. The molecule has 5 nitrogen and oxygen atoms in total. The fourth-order valence-corrected chi connectivity index (χ4v) is 5.62. The summed E-state index contributed by atoms with van der Waals surface area (Å²) < 4.78 is 0.793. The summed E-state index contributed by atoms with van der Waals surface area (Å²) in [6.45, 7) is 1.89. The lowest BCUT2D eigenvalue weighted by atomic mass is 9.97. The van der Waals surface area contributed by atoms with E-state index in [0.29, 0.717) is 10.6 Å². The maximum atomic E-state index is 12.2. The highest BCUT2D eigenvalue weighted by atomic mass is 32.2. The first kappa shape index (κ1) is 17.4. The predicted molar refractivity (Wildman–Crippen MR) is 98.9 cm³/mol. The highest BCUT2D eigenvalue weighted by molar-refractivity contribution is 8.01. The van der Waals surface area contributed by atoms with Gasteiger partial charge < -0.3 is 5.32 Å². The van der Waals surface area contributed by atoms with Crippen molar-refractivity contribution in [1.82, 2.24) is 10.2 Å². The summed E-state index contributed by atoms with van der Waals surface area (Å²) in [7, 11) is 0. The minimum Gasteiger partial charge on any atom is -0.316 e. The molecule has 0 aromatic carbocycles. The Morgan fingerprint density at radius 2 is 2.04 bits per heavy atom. The molecule has 0 aliphatic heterocycles. The maximum Gasteiger partial charge on any atom is 0.235 e. The average Bonchev–Trinajstić information content (AvgIpc) is 3.09. The van der Waals surface area contributed by atoms with Gasteiger partial charge in [0.1, 0.15) is 16.1 Å². The Labute approximate surface area is 153 Å². The van der Waals surface area contributed by atoms with E-state index in [9.17, 15) is 10.1 Å². The fraction of sp³-hybridized carbons (Fsp3) is 0.500. The van der Waals surface area contributed by atoms with Gasteiger partial charge in [-0.1, -0.05) is 35.9 Å². The van der Waals surface area contributed by atoms with E-state index >= 15 is 0 Å². The van der Waals surface area contributed by atoms with Crippen LogP contribution in [0.1, 0.15) is 46.7 Å². The number of aryl methyl sites for hydroxylation is 2. The standard InChI is InChI=1S/C16H18N4OS3/c1-10-19-20-16(23-10)22-9-14(21)18-15-12(8-17)11-6-4-2-3-5-7-13(11)24-15/h2-7,9H2,1H3,(H,18,21). The Morgan fingerprint density at radius 3 is 2.75 bits per heavy atom. The van der Waals surface area contributed by atoms with Crippen molar-refractivity contribution < 1.29 is 4.79 Å². The van der Waals surface area contributed by atoms with Gasteiger partial charge in [-0.25, -0.2) is 0 Å². The van der Waals surface area contributed by atoms with E-state index in [-0.39, 0.29) is 11.7 Å². The molecule has 3 rings (SSSR count). The van der Waals surface area contributed by atoms with Crippen LogP contribution < -0.4 is 5.32 Å². The first-order valence-electron chi connectivity index (χ1n) is 7.94. The van der Waals surface area contributed by atoms with E-state index < -0.39 is 0 Å². The van der Waals surface area contributed by atoms with Crippen molar-refractivity contribution in [2.75, 3.05) is 11.1 Å². The Morgan fingerprint density at radius 1 is 1.25 bits per heavy atom. The second-order valence-corrected chi connectivity index (χ2v) is 9.17. The molecule has 0 spiro atoms. The largest absolute Gasteiger partial charge is 0.316 e. The second kappa shape index (κ2) is 8.10. The SMILES string of the molecule is Cc1nnc(SCC(=O)Nc2sc3c(c2C#N)CCCCCC3)s1. The van der Waals surface area contributed by atoms with Gasteiger partial charge in [-0.15, -0.1) is 21.5 Å². The average molecular weight is 379 g/mol. The Kier molecular flexibility index (Phi) is 5.87. The minimum atomic E-state index is -0.0985. The lowest BCUT2D eigenvalue weighted by Crippen LogP contribution is -2.13. The molecule has 1 N–H and O–H groups in total. The van der Waals surface area contributed by atoms with Crippen molar-refractivity contribution in [2.24, 2.45) is 0 Å². The van der Waals surface area contributed by atoms with E-state index in [0.717, 1.165) is 40.6 Å². The molecule has 2 aromatic heterocycles. The van der Waals surface area contributed by atoms with Gasteiger partial charge in [0.2, 0.25) is 5.91 Å². The monoisotopic (exact) mass is 378 g/mol. The molecule has 24 heavy (non-hydrogen) atoms. The highest BCUT2D eigenvalue weighted by Gasteiger charge is 2.20. The summed E-state index contributed by atoms with van der Waals surface area (Å²) in [6.07, 6.45) is 6.72. The molecule has 2 heterocycles. The van der Waals surface area contributed by atoms with Gasteiger partial charge in [0.25, 0.3) is 0 Å². The normalized spacial score (nSPS) is 14.3. The zero-order chi connectivity index (χ0) is 16.9.